The number of carbonyl (C=O) groups excluding carboxylic acids is 1. The average Bonchev–Trinajstić information content (AvgIpc) is 2.36. The van der Waals surface area contributed by atoms with Crippen LogP contribution in [-0.2, 0) is 27.7 Å². The van der Waals surface area contributed by atoms with E-state index in [1.165, 1.54) is 0 Å². The molecule has 0 amide bonds. The first-order valence-corrected chi connectivity index (χ1v) is 7.23. The molecule has 98 valence electrons. The van der Waals surface area contributed by atoms with Crippen molar-refractivity contribution in [3.05, 3.63) is 0 Å². The standard InChI is InChI=1S/C10H17O6P/c1-2-3-4-9(11)13-5-10-6-14-17(12,15-7-10)16-8-10/h2-8H2,1H3. The fraction of sp³-hybridized carbons (Fsp3) is 0.900. The van der Waals surface area contributed by atoms with Crippen LogP contribution in [0.5, 0.6) is 0 Å². The van der Waals surface area contributed by atoms with Crippen LogP contribution in [0.25, 0.3) is 0 Å². The van der Waals surface area contributed by atoms with E-state index in [2.05, 4.69) is 0 Å². The molecule has 0 aromatic heterocycles. The van der Waals surface area contributed by atoms with E-state index < -0.39 is 13.2 Å². The molecule has 0 spiro atoms. The zero-order chi connectivity index (χ0) is 12.4. The van der Waals surface area contributed by atoms with Gasteiger partial charge in [-0.2, -0.15) is 0 Å². The summed E-state index contributed by atoms with van der Waals surface area (Å²) in [7, 11) is -3.28. The van der Waals surface area contributed by atoms with E-state index in [-0.39, 0.29) is 32.4 Å². The van der Waals surface area contributed by atoms with Crippen molar-refractivity contribution in [2.24, 2.45) is 5.41 Å². The molecule has 3 fully saturated rings. The molecule has 0 aliphatic carbocycles. The molecule has 17 heavy (non-hydrogen) atoms. The highest BCUT2D eigenvalue weighted by atomic mass is 31.2. The number of carbonyl (C=O) groups is 1. The summed E-state index contributed by atoms with van der Waals surface area (Å²) >= 11 is 0. The van der Waals surface area contributed by atoms with Crippen LogP contribution in [0, 0.1) is 5.41 Å². The first-order chi connectivity index (χ1) is 8.08. The monoisotopic (exact) mass is 264 g/mol. The van der Waals surface area contributed by atoms with Crippen molar-refractivity contribution >= 4 is 13.8 Å². The minimum absolute atomic E-state index is 0.190. The summed E-state index contributed by atoms with van der Waals surface area (Å²) in [6.07, 6.45) is 2.21. The summed E-state index contributed by atoms with van der Waals surface area (Å²) in [6.45, 7) is 2.97. The molecular weight excluding hydrogens is 247 g/mol. The van der Waals surface area contributed by atoms with Gasteiger partial charge in [-0.05, 0) is 6.42 Å². The molecule has 0 saturated carbocycles. The van der Waals surface area contributed by atoms with Crippen LogP contribution in [0.2, 0.25) is 0 Å². The molecule has 7 heteroatoms. The molecule has 0 aromatic rings. The van der Waals surface area contributed by atoms with E-state index in [0.717, 1.165) is 12.8 Å². The smallest absolute Gasteiger partial charge is 0.465 e. The third kappa shape index (κ3) is 3.07. The van der Waals surface area contributed by atoms with Gasteiger partial charge in [0.25, 0.3) is 0 Å². The highest BCUT2D eigenvalue weighted by Crippen LogP contribution is 2.59. The Kier molecular flexibility index (Phi) is 3.88. The lowest BCUT2D eigenvalue weighted by Gasteiger charge is -2.43. The first-order valence-electron chi connectivity index (χ1n) is 5.77. The van der Waals surface area contributed by atoms with E-state index in [0.29, 0.717) is 6.42 Å². The second-order valence-electron chi connectivity index (χ2n) is 4.53. The van der Waals surface area contributed by atoms with Crippen LogP contribution in [-0.4, -0.2) is 32.4 Å². The van der Waals surface area contributed by atoms with Crippen LogP contribution >= 0.6 is 7.82 Å². The van der Waals surface area contributed by atoms with Crippen LogP contribution in [0.3, 0.4) is 0 Å². The van der Waals surface area contributed by atoms with Crippen LogP contribution in [0.15, 0.2) is 0 Å². The number of rotatable bonds is 5. The fourth-order valence-corrected chi connectivity index (χ4v) is 3.16. The summed E-state index contributed by atoms with van der Waals surface area (Å²) in [4.78, 5) is 11.4. The van der Waals surface area contributed by atoms with Crippen molar-refractivity contribution in [2.45, 2.75) is 26.2 Å². The highest BCUT2D eigenvalue weighted by Gasteiger charge is 2.51. The van der Waals surface area contributed by atoms with Gasteiger partial charge in [-0.1, -0.05) is 13.3 Å². The lowest BCUT2D eigenvalue weighted by atomic mass is 9.92. The normalized spacial score (nSPS) is 35.8. The Morgan fingerprint density at radius 3 is 2.41 bits per heavy atom. The Labute approximate surface area is 100 Å². The summed E-state index contributed by atoms with van der Waals surface area (Å²) in [5.41, 5.74) is -0.492. The average molecular weight is 264 g/mol. The maximum absolute atomic E-state index is 11.5. The molecule has 2 bridgehead atoms. The molecular formula is C10H17O6P. The molecule has 0 unspecified atom stereocenters. The molecule has 0 atom stereocenters. The second kappa shape index (κ2) is 5.06. The maximum Gasteiger partial charge on any atom is 0.474 e. The number of phosphoric acid groups is 1. The minimum Gasteiger partial charge on any atom is -0.465 e. The molecule has 3 saturated heterocycles. The summed E-state index contributed by atoms with van der Waals surface area (Å²) in [6, 6.07) is 0. The number of fused-ring (bicyclic) bond motifs is 3. The Morgan fingerprint density at radius 1 is 1.29 bits per heavy atom. The zero-order valence-corrected chi connectivity index (χ0v) is 10.7. The van der Waals surface area contributed by atoms with E-state index in [1.807, 2.05) is 6.92 Å². The van der Waals surface area contributed by atoms with Gasteiger partial charge < -0.3 is 4.74 Å². The number of ether oxygens (including phenoxy) is 1. The first kappa shape index (κ1) is 13.0. The van der Waals surface area contributed by atoms with Crippen molar-refractivity contribution in [2.75, 3.05) is 26.4 Å². The van der Waals surface area contributed by atoms with Gasteiger partial charge in [0.2, 0.25) is 0 Å². The van der Waals surface area contributed by atoms with Gasteiger partial charge in [0, 0.05) is 6.42 Å². The SMILES string of the molecule is CCCCC(=O)OCC12COP(=O)(OC1)OC2. The fourth-order valence-electron chi connectivity index (χ4n) is 1.64. The van der Waals surface area contributed by atoms with E-state index >= 15 is 0 Å². The summed E-state index contributed by atoms with van der Waals surface area (Å²) in [5.74, 6) is -0.222. The Bertz CT molecular complexity index is 310. The van der Waals surface area contributed by atoms with E-state index in [4.69, 9.17) is 18.3 Å². The third-order valence-electron chi connectivity index (χ3n) is 2.86. The van der Waals surface area contributed by atoms with E-state index in [1.54, 1.807) is 0 Å². The van der Waals surface area contributed by atoms with Crippen molar-refractivity contribution in [3.63, 3.8) is 0 Å². The van der Waals surface area contributed by atoms with Gasteiger partial charge >= 0.3 is 13.8 Å². The minimum atomic E-state index is -3.28. The highest BCUT2D eigenvalue weighted by molar-refractivity contribution is 7.48. The lowest BCUT2D eigenvalue weighted by Crippen LogP contribution is -2.48. The molecule has 0 aromatic carbocycles. The molecule has 0 radical (unpaired) electrons. The maximum atomic E-state index is 11.5. The molecule has 3 rings (SSSR count). The van der Waals surface area contributed by atoms with Crippen LogP contribution in [0.1, 0.15) is 26.2 Å². The van der Waals surface area contributed by atoms with Gasteiger partial charge in [-0.25, -0.2) is 4.57 Å². The third-order valence-corrected chi connectivity index (χ3v) is 4.20. The topological polar surface area (TPSA) is 71.1 Å². The lowest BCUT2D eigenvalue weighted by molar-refractivity contribution is -0.160. The molecule has 6 nitrogen and oxygen atoms in total. The number of esters is 1. The molecule has 3 heterocycles. The number of unbranched alkanes of at least 4 members (excludes halogenated alkanes) is 1. The predicted molar refractivity (Wildman–Crippen MR) is 58.4 cm³/mol. The second-order valence-corrected chi connectivity index (χ2v) is 6.20. The number of hydrogen-bond donors (Lipinski definition) is 0. The molecule has 3 aliphatic heterocycles. The zero-order valence-electron chi connectivity index (χ0n) is 9.85. The summed E-state index contributed by atoms with van der Waals surface area (Å²) in [5, 5.41) is 0. The van der Waals surface area contributed by atoms with Gasteiger partial charge in [-0.3, -0.25) is 18.4 Å². The van der Waals surface area contributed by atoms with Crippen molar-refractivity contribution in [1.29, 1.82) is 0 Å². The van der Waals surface area contributed by atoms with Crippen LogP contribution in [0.4, 0.5) is 0 Å². The molecule has 0 N–H and O–H groups in total. The number of phosphoric ester groups is 1. The van der Waals surface area contributed by atoms with E-state index in [9.17, 15) is 9.36 Å². The summed E-state index contributed by atoms with van der Waals surface area (Å²) < 4.78 is 31.7. The van der Waals surface area contributed by atoms with Crippen LogP contribution < -0.4 is 0 Å². The van der Waals surface area contributed by atoms with Gasteiger partial charge in [0.15, 0.2) is 0 Å². The Balaban J connectivity index is 1.79. The van der Waals surface area contributed by atoms with Gasteiger partial charge in [-0.15, -0.1) is 0 Å². The van der Waals surface area contributed by atoms with Gasteiger partial charge in [0.05, 0.1) is 25.2 Å². The predicted octanol–water partition coefficient (Wildman–Crippen LogP) is 1.89. The Hall–Kier alpha value is -0.420. The Morgan fingerprint density at radius 2 is 1.88 bits per heavy atom. The number of hydrogen-bond acceptors (Lipinski definition) is 6. The quantitative estimate of drug-likeness (QED) is 0.557. The molecule has 3 aliphatic rings. The van der Waals surface area contributed by atoms with Crippen molar-refractivity contribution < 1.29 is 27.7 Å². The van der Waals surface area contributed by atoms with Gasteiger partial charge in [0.1, 0.15) is 6.61 Å². The van der Waals surface area contributed by atoms with Crippen molar-refractivity contribution in [3.8, 4) is 0 Å². The largest absolute Gasteiger partial charge is 0.474 e. The van der Waals surface area contributed by atoms with Crippen molar-refractivity contribution in [1.82, 2.24) is 0 Å².